The van der Waals surface area contributed by atoms with Crippen LogP contribution in [0.25, 0.3) is 0 Å². The smallest absolute Gasteiger partial charge is 0.316 e. The molecule has 6 heterocycles. The summed E-state index contributed by atoms with van der Waals surface area (Å²) >= 11 is 0. The summed E-state index contributed by atoms with van der Waals surface area (Å²) < 4.78 is 69.9. The molecule has 6 fully saturated rings. The fourth-order valence-corrected chi connectivity index (χ4v) is 11.3. The third-order valence-electron chi connectivity index (χ3n) is 15.0. The van der Waals surface area contributed by atoms with Crippen LogP contribution in [0, 0.1) is 17.8 Å². The van der Waals surface area contributed by atoms with Crippen molar-refractivity contribution in [2.24, 2.45) is 17.8 Å². The zero-order chi connectivity index (χ0) is 44.6. The second-order valence-electron chi connectivity index (χ2n) is 19.4. The first-order chi connectivity index (χ1) is 30.2. The third kappa shape index (κ3) is 9.98. The summed E-state index contributed by atoms with van der Waals surface area (Å²) in [5, 5.41) is 34.2. The Labute approximate surface area is 372 Å². The molecule has 3 N–H and O–H groups in total. The second kappa shape index (κ2) is 20.0. The summed E-state index contributed by atoms with van der Waals surface area (Å²) in [6.45, 7) is 10.2. The van der Waals surface area contributed by atoms with Crippen LogP contribution in [0.15, 0.2) is 47.1 Å². The number of hydrogen-bond donors (Lipinski definition) is 3. The van der Waals surface area contributed by atoms with Crippen molar-refractivity contribution >= 4 is 5.97 Å². The van der Waals surface area contributed by atoms with Gasteiger partial charge in [-0.2, -0.15) is 0 Å². The Bertz CT molecular complexity index is 1700. The third-order valence-corrected chi connectivity index (χ3v) is 15.0. The number of ether oxygens (including phenoxy) is 11. The summed E-state index contributed by atoms with van der Waals surface area (Å²) in [5.41, 5.74) is 0.128. The highest BCUT2D eigenvalue weighted by Gasteiger charge is 2.60. The zero-order valence-corrected chi connectivity index (χ0v) is 38.1. The van der Waals surface area contributed by atoms with Gasteiger partial charge in [0.25, 0.3) is 0 Å². The summed E-state index contributed by atoms with van der Waals surface area (Å²) in [5.74, 6) is -2.56. The highest BCUT2D eigenvalue weighted by Crippen LogP contribution is 2.47. The van der Waals surface area contributed by atoms with E-state index >= 15 is 0 Å². The topological polar surface area (TPSA) is 179 Å². The van der Waals surface area contributed by atoms with Crippen LogP contribution in [0.2, 0.25) is 0 Å². The maximum absolute atomic E-state index is 14.3. The van der Waals surface area contributed by atoms with Crippen molar-refractivity contribution in [2.45, 2.75) is 196 Å². The molecule has 0 radical (unpaired) electrons. The van der Waals surface area contributed by atoms with Crippen LogP contribution in [0.1, 0.15) is 98.8 Å². The van der Waals surface area contributed by atoms with E-state index in [1.165, 1.54) is 19.3 Å². The van der Waals surface area contributed by atoms with E-state index in [4.69, 9.17) is 52.1 Å². The number of carbonyl (C=O) groups is 1. The first-order valence-electron chi connectivity index (χ1n) is 23.5. The number of methoxy groups -OCH3 is 2. The predicted octanol–water partition coefficient (Wildman–Crippen LogP) is 4.74. The number of fused-ring (bicyclic) bond motifs is 2. The summed E-state index contributed by atoms with van der Waals surface area (Å²) in [4.78, 5) is 14.3. The Balaban J connectivity index is 1.05. The monoisotopic (exact) mass is 888 g/mol. The lowest BCUT2D eigenvalue weighted by Gasteiger charge is -2.48. The predicted molar refractivity (Wildman–Crippen MR) is 227 cm³/mol. The molecule has 0 aromatic rings. The van der Waals surface area contributed by atoms with E-state index in [0.717, 1.165) is 18.4 Å². The lowest BCUT2D eigenvalue weighted by Crippen LogP contribution is -2.59. The van der Waals surface area contributed by atoms with Crippen molar-refractivity contribution in [1.29, 1.82) is 0 Å². The molecule has 15 heteroatoms. The van der Waals surface area contributed by atoms with Gasteiger partial charge in [-0.3, -0.25) is 4.79 Å². The van der Waals surface area contributed by atoms with Gasteiger partial charge in [0.05, 0.1) is 55.9 Å². The molecule has 8 aliphatic rings. The first-order valence-corrected chi connectivity index (χ1v) is 23.5. The molecule has 2 aliphatic carbocycles. The largest absolute Gasteiger partial charge is 0.462 e. The number of rotatable bonds is 7. The molecule has 0 unspecified atom stereocenters. The van der Waals surface area contributed by atoms with E-state index in [9.17, 15) is 20.1 Å². The number of allylic oxidation sites excluding steroid dienone is 2. The number of aliphatic hydroxyl groups is 3. The van der Waals surface area contributed by atoms with Gasteiger partial charge in [0.2, 0.25) is 0 Å². The van der Waals surface area contributed by atoms with E-state index in [1.807, 2.05) is 26.0 Å². The molecule has 8 rings (SSSR count). The van der Waals surface area contributed by atoms with Gasteiger partial charge < -0.3 is 67.4 Å². The van der Waals surface area contributed by atoms with E-state index < -0.39 is 96.9 Å². The molecule has 1 saturated carbocycles. The van der Waals surface area contributed by atoms with Gasteiger partial charge >= 0.3 is 5.97 Å². The van der Waals surface area contributed by atoms with Crippen LogP contribution in [-0.2, 0) is 56.9 Å². The van der Waals surface area contributed by atoms with Crippen molar-refractivity contribution in [3.63, 3.8) is 0 Å². The van der Waals surface area contributed by atoms with Gasteiger partial charge in [-0.25, -0.2) is 0 Å². The van der Waals surface area contributed by atoms with E-state index in [-0.39, 0.29) is 37.8 Å². The molecule has 0 aromatic carbocycles. The minimum absolute atomic E-state index is 0.00725. The van der Waals surface area contributed by atoms with Crippen LogP contribution in [0.5, 0.6) is 0 Å². The van der Waals surface area contributed by atoms with E-state index in [2.05, 4.69) is 13.0 Å². The average Bonchev–Trinajstić information content (AvgIpc) is 3.61. The van der Waals surface area contributed by atoms with Crippen molar-refractivity contribution in [3.05, 3.63) is 47.1 Å². The Kier molecular flexibility index (Phi) is 15.1. The Hall–Kier alpha value is -2.09. The molecule has 63 heavy (non-hydrogen) atoms. The molecule has 2 bridgehead atoms. The van der Waals surface area contributed by atoms with Gasteiger partial charge in [-0.1, -0.05) is 56.6 Å². The molecular formula is C48H72O15. The molecule has 0 amide bonds. The van der Waals surface area contributed by atoms with Crippen molar-refractivity contribution in [3.8, 4) is 0 Å². The minimum Gasteiger partial charge on any atom is -0.462 e. The maximum atomic E-state index is 14.3. The first kappa shape index (κ1) is 47.4. The molecule has 5 saturated heterocycles. The number of hydrogen-bond acceptors (Lipinski definition) is 15. The van der Waals surface area contributed by atoms with Crippen molar-refractivity contribution in [1.82, 2.24) is 0 Å². The molecule has 18 atom stereocenters. The molecule has 6 aliphatic heterocycles. The highest BCUT2D eigenvalue weighted by molar-refractivity contribution is 5.78. The lowest BCUT2D eigenvalue weighted by molar-refractivity contribution is -0.352. The molecular weight excluding hydrogens is 817 g/mol. The van der Waals surface area contributed by atoms with Crippen LogP contribution < -0.4 is 0 Å². The lowest BCUT2D eigenvalue weighted by atomic mass is 9.71. The number of aliphatic hydroxyl groups excluding tert-OH is 2. The molecule has 354 valence electrons. The SMILES string of the molecule is CO[C@H]1C[C@H](O[C@H]2[C@H](C)O[C@@H](O[C@@H]3/C(C)=C/C[C@@H]4C[C@@H](C[C@]5(CO[C@H](C6CCCCC6)CO5)O4)OC(=O)[C@@H]4C=C(C)[C@@H](O)[C@H]5OC/C(=C\C=C\[C@@H]3C)[C@]54O)C[C@@H]2OC)O[C@@H](C)[C@@H]1O. The van der Waals surface area contributed by atoms with Crippen LogP contribution in [0.4, 0.5) is 0 Å². The summed E-state index contributed by atoms with van der Waals surface area (Å²) in [6.07, 6.45) is 9.41. The molecule has 15 nitrogen and oxygen atoms in total. The highest BCUT2D eigenvalue weighted by atomic mass is 16.7. The van der Waals surface area contributed by atoms with Gasteiger partial charge in [0.1, 0.15) is 48.6 Å². The normalized spacial score (nSPS) is 48.9. The van der Waals surface area contributed by atoms with E-state index in [1.54, 1.807) is 40.2 Å². The summed E-state index contributed by atoms with van der Waals surface area (Å²) in [6, 6.07) is 0. The fourth-order valence-electron chi connectivity index (χ4n) is 11.3. The van der Waals surface area contributed by atoms with Crippen LogP contribution in [-0.4, -0.2) is 153 Å². The van der Waals surface area contributed by atoms with Crippen molar-refractivity contribution in [2.75, 3.05) is 34.0 Å². The van der Waals surface area contributed by atoms with Crippen molar-refractivity contribution < 1.29 is 72.2 Å². The van der Waals surface area contributed by atoms with Gasteiger partial charge in [-0.15, -0.1) is 0 Å². The minimum atomic E-state index is -1.84. The van der Waals surface area contributed by atoms with Gasteiger partial charge in [0, 0.05) is 45.8 Å². The van der Waals surface area contributed by atoms with Gasteiger partial charge in [-0.05, 0) is 69.6 Å². The zero-order valence-electron chi connectivity index (χ0n) is 38.1. The van der Waals surface area contributed by atoms with E-state index in [0.29, 0.717) is 49.4 Å². The van der Waals surface area contributed by atoms with Crippen LogP contribution >= 0.6 is 0 Å². The number of esters is 1. The average molecular weight is 889 g/mol. The standard InChI is InChI=1S/C48H72O15/c1-26-12-11-15-32-23-55-45-41(49)28(3)18-35(48(32,45)52)46(51)60-34-19-33(63-47(22-34)25-56-38(24-57-47)31-13-9-8-10-14-31)17-16-27(2)43(26)61-40-21-37(54-7)44(30(5)59-40)62-39-20-36(53-6)42(50)29(4)58-39/h11-12,15-16,18,26,29-31,33-45,49-50,52H,8-10,13-14,17,19-25H2,1-7H3/b12-11+,27-16+,32-15+/t26-,29-,30-,33+,34-,35-,36-,37-,38-,39-,40-,41+,42-,43-,44-,45+,47+,48+/m0/s1. The van der Waals surface area contributed by atoms with Crippen LogP contribution in [0.3, 0.4) is 0 Å². The number of carbonyl (C=O) groups excluding carboxylic acids is 1. The Morgan fingerprint density at radius 2 is 1.59 bits per heavy atom. The second-order valence-corrected chi connectivity index (χ2v) is 19.4. The maximum Gasteiger partial charge on any atom is 0.316 e. The quantitative estimate of drug-likeness (QED) is 0.236. The molecule has 1 spiro atoms. The van der Waals surface area contributed by atoms with Gasteiger partial charge in [0.15, 0.2) is 18.4 Å². The fraction of sp³-hybridized carbons (Fsp3) is 0.812. The molecule has 0 aromatic heterocycles. The Morgan fingerprint density at radius 1 is 0.857 bits per heavy atom. The summed E-state index contributed by atoms with van der Waals surface area (Å²) in [7, 11) is 3.22. The Morgan fingerprint density at radius 3 is 2.32 bits per heavy atom.